The molecule has 0 spiro atoms. The maximum absolute atomic E-state index is 12.8. The van der Waals surface area contributed by atoms with E-state index in [4.69, 9.17) is 4.74 Å². The lowest BCUT2D eigenvalue weighted by atomic mass is 9.84. The molecule has 0 heterocycles. The number of ketones is 2. The third kappa shape index (κ3) is 3.58. The molecule has 3 aromatic carbocycles. The third-order valence-electron chi connectivity index (χ3n) is 4.59. The fourth-order valence-electron chi connectivity index (χ4n) is 3.04. The zero-order chi connectivity index (χ0) is 21.3. The Morgan fingerprint density at radius 2 is 1.30 bits per heavy atom. The van der Waals surface area contributed by atoms with Gasteiger partial charge < -0.3 is 4.74 Å². The van der Waals surface area contributed by atoms with Gasteiger partial charge in [0.2, 0.25) is 0 Å². The first-order valence-electron chi connectivity index (χ1n) is 9.16. The van der Waals surface area contributed by atoms with Crippen LogP contribution in [0.2, 0.25) is 0 Å². The Balaban J connectivity index is 1.56. The molecule has 0 radical (unpaired) electrons. The monoisotopic (exact) mass is 396 g/mol. The normalized spacial score (nSPS) is 12.4. The molecule has 0 saturated heterocycles. The maximum atomic E-state index is 12.8. The van der Waals surface area contributed by atoms with Gasteiger partial charge in [0.25, 0.3) is 0 Å². The molecule has 30 heavy (non-hydrogen) atoms. The average molecular weight is 396 g/mol. The molecule has 0 aliphatic heterocycles. The van der Waals surface area contributed by atoms with E-state index in [0.717, 1.165) is 0 Å². The van der Waals surface area contributed by atoms with E-state index in [2.05, 4.69) is 16.8 Å². The Hall–Kier alpha value is -4.19. The van der Waals surface area contributed by atoms with E-state index in [9.17, 15) is 14.4 Å². The first-order valence-corrected chi connectivity index (χ1v) is 9.16. The molecule has 0 amide bonds. The highest BCUT2D eigenvalue weighted by atomic mass is 16.5. The molecule has 6 heteroatoms. The summed E-state index contributed by atoms with van der Waals surface area (Å²) < 4.78 is 5.13. The van der Waals surface area contributed by atoms with Crippen molar-refractivity contribution in [1.82, 2.24) is 0 Å². The quantitative estimate of drug-likeness (QED) is 0.201. The van der Waals surface area contributed by atoms with E-state index < -0.39 is 5.97 Å². The molecule has 3 aromatic rings. The van der Waals surface area contributed by atoms with Gasteiger partial charge in [-0.15, -0.1) is 0 Å². The summed E-state index contributed by atoms with van der Waals surface area (Å²) in [4.78, 5) is 37.0. The molecule has 1 aliphatic rings. The van der Waals surface area contributed by atoms with Crippen LogP contribution in [0.3, 0.4) is 0 Å². The Morgan fingerprint density at radius 3 is 1.93 bits per heavy atom. The lowest BCUT2D eigenvalue weighted by molar-refractivity contribution is -0.130. The second-order valence-corrected chi connectivity index (χ2v) is 6.80. The number of carbonyl (C=O) groups excluding carboxylic acids is 3. The summed E-state index contributed by atoms with van der Waals surface area (Å²) in [5.74, 6) is -0.512. The van der Waals surface area contributed by atoms with Gasteiger partial charge in [0, 0.05) is 27.8 Å². The van der Waals surface area contributed by atoms with E-state index in [-0.39, 0.29) is 11.6 Å². The number of hydrogen-bond acceptors (Lipinski definition) is 6. The molecule has 0 N–H and O–H groups in total. The van der Waals surface area contributed by atoms with E-state index in [1.54, 1.807) is 73.7 Å². The average Bonchev–Trinajstić information content (AvgIpc) is 2.76. The summed E-state index contributed by atoms with van der Waals surface area (Å²) >= 11 is 0. The van der Waals surface area contributed by atoms with Gasteiger partial charge in [-0.3, -0.25) is 9.59 Å². The van der Waals surface area contributed by atoms with E-state index >= 15 is 0 Å². The molecular formula is C24H16N2O4. The van der Waals surface area contributed by atoms with Crippen molar-refractivity contribution in [3.8, 4) is 5.75 Å². The minimum Gasteiger partial charge on any atom is -0.423 e. The van der Waals surface area contributed by atoms with Crippen LogP contribution >= 0.6 is 0 Å². The first-order chi connectivity index (χ1) is 14.4. The summed E-state index contributed by atoms with van der Waals surface area (Å²) in [7, 11) is 0. The van der Waals surface area contributed by atoms with Gasteiger partial charge in [-0.2, -0.15) is 10.2 Å². The van der Waals surface area contributed by atoms with Crippen molar-refractivity contribution < 1.29 is 19.1 Å². The van der Waals surface area contributed by atoms with Crippen molar-refractivity contribution in [2.45, 2.75) is 6.92 Å². The highest BCUT2D eigenvalue weighted by Gasteiger charge is 2.29. The number of carbonyl (C=O) groups is 3. The molecule has 0 bridgehead atoms. The Labute approximate surface area is 172 Å². The lowest BCUT2D eigenvalue weighted by Crippen LogP contribution is -2.20. The van der Waals surface area contributed by atoms with Crippen LogP contribution in [0.1, 0.15) is 38.8 Å². The summed E-state index contributed by atoms with van der Waals surface area (Å²) in [6.45, 7) is 5.10. The van der Waals surface area contributed by atoms with Crippen LogP contribution in [-0.2, 0) is 4.79 Å². The number of nitrogens with zero attached hydrogens (tertiary/aromatic N) is 2. The van der Waals surface area contributed by atoms with Gasteiger partial charge in [0.15, 0.2) is 11.6 Å². The first kappa shape index (κ1) is 19.1. The minimum absolute atomic E-state index is 0.177. The largest absolute Gasteiger partial charge is 0.423 e. The van der Waals surface area contributed by atoms with Crippen LogP contribution in [0.5, 0.6) is 5.75 Å². The van der Waals surface area contributed by atoms with Gasteiger partial charge in [-0.25, -0.2) is 4.79 Å². The zero-order valence-electron chi connectivity index (χ0n) is 16.1. The molecule has 4 rings (SSSR count). The van der Waals surface area contributed by atoms with Crippen molar-refractivity contribution in [3.05, 3.63) is 101 Å². The van der Waals surface area contributed by atoms with Crippen molar-refractivity contribution in [3.63, 3.8) is 0 Å². The van der Waals surface area contributed by atoms with Crippen molar-refractivity contribution >= 4 is 28.9 Å². The Kier molecular flexibility index (Phi) is 4.90. The molecule has 6 nitrogen and oxygen atoms in total. The van der Waals surface area contributed by atoms with Crippen molar-refractivity contribution in [2.24, 2.45) is 10.2 Å². The lowest BCUT2D eigenvalue weighted by Gasteiger charge is -2.17. The summed E-state index contributed by atoms with van der Waals surface area (Å²) in [6, 6.07) is 18.1. The molecule has 0 aromatic heterocycles. The van der Waals surface area contributed by atoms with Gasteiger partial charge in [0.05, 0.1) is 11.4 Å². The number of benzene rings is 3. The minimum atomic E-state index is -0.501. The number of azo groups is 1. The van der Waals surface area contributed by atoms with E-state index in [0.29, 0.717) is 45.0 Å². The molecule has 0 fully saturated rings. The molecule has 0 unspecified atom stereocenters. The molecule has 1 aliphatic carbocycles. The summed E-state index contributed by atoms with van der Waals surface area (Å²) in [5, 5.41) is 8.30. The highest BCUT2D eigenvalue weighted by Crippen LogP contribution is 2.30. The maximum Gasteiger partial charge on any atom is 0.338 e. The van der Waals surface area contributed by atoms with Gasteiger partial charge in [-0.1, -0.05) is 30.8 Å². The topological polar surface area (TPSA) is 85.2 Å². The van der Waals surface area contributed by atoms with Crippen molar-refractivity contribution in [1.29, 1.82) is 0 Å². The van der Waals surface area contributed by atoms with E-state index in [1.807, 2.05) is 0 Å². The SMILES string of the molecule is C=C(C)C(=O)Oc1ccc(N=Nc2ccc3c(c2)C(=O)c2ccccc2C3=O)cc1. The molecular weight excluding hydrogens is 380 g/mol. The number of esters is 1. The van der Waals surface area contributed by atoms with E-state index in [1.165, 1.54) is 0 Å². The smallest absolute Gasteiger partial charge is 0.338 e. The van der Waals surface area contributed by atoms with Crippen LogP contribution in [-0.4, -0.2) is 17.5 Å². The Bertz CT molecular complexity index is 1240. The van der Waals surface area contributed by atoms with Gasteiger partial charge >= 0.3 is 5.97 Å². The third-order valence-corrected chi connectivity index (χ3v) is 4.59. The second-order valence-electron chi connectivity index (χ2n) is 6.80. The number of hydrogen-bond donors (Lipinski definition) is 0. The van der Waals surface area contributed by atoms with Gasteiger partial charge in [-0.05, 0) is 49.4 Å². The number of ether oxygens (including phenoxy) is 1. The van der Waals surface area contributed by atoms with Crippen LogP contribution in [0.25, 0.3) is 0 Å². The summed E-state index contributed by atoms with van der Waals surface area (Å²) in [5.41, 5.74) is 2.78. The number of fused-ring (bicyclic) bond motifs is 2. The molecule has 0 atom stereocenters. The van der Waals surface area contributed by atoms with Crippen LogP contribution in [0, 0.1) is 0 Å². The van der Waals surface area contributed by atoms with Crippen molar-refractivity contribution in [2.75, 3.05) is 0 Å². The van der Waals surface area contributed by atoms with Gasteiger partial charge in [0.1, 0.15) is 5.75 Å². The van der Waals surface area contributed by atoms with Crippen LogP contribution in [0.4, 0.5) is 11.4 Å². The fraction of sp³-hybridized carbons (Fsp3) is 0.0417. The standard InChI is InChI=1S/C24H16N2O4/c1-14(2)24(29)30-17-10-7-15(8-11-17)25-26-16-9-12-20-21(13-16)23(28)19-6-4-3-5-18(19)22(20)27/h3-13H,1H2,2H3. The number of rotatable bonds is 4. The Morgan fingerprint density at radius 1 is 0.767 bits per heavy atom. The van der Waals surface area contributed by atoms with Crippen LogP contribution in [0.15, 0.2) is 89.1 Å². The highest BCUT2D eigenvalue weighted by molar-refractivity contribution is 6.28. The van der Waals surface area contributed by atoms with Crippen LogP contribution < -0.4 is 4.74 Å². The predicted molar refractivity (Wildman–Crippen MR) is 111 cm³/mol. The predicted octanol–water partition coefficient (Wildman–Crippen LogP) is 5.36. The summed E-state index contributed by atoms with van der Waals surface area (Å²) in [6.07, 6.45) is 0. The molecule has 146 valence electrons. The second kappa shape index (κ2) is 7.67. The molecule has 0 saturated carbocycles. The fourth-order valence-corrected chi connectivity index (χ4v) is 3.04. The zero-order valence-corrected chi connectivity index (χ0v) is 16.1.